The first-order chi connectivity index (χ1) is 26.2. The van der Waals surface area contributed by atoms with E-state index in [-0.39, 0.29) is 0 Å². The molecule has 0 aliphatic carbocycles. The molecule has 0 bridgehead atoms. The molecule has 6 heteroatoms. The zero-order valence-electron chi connectivity index (χ0n) is 28.2. The lowest BCUT2D eigenvalue weighted by Gasteiger charge is -2.10. The zero-order valence-corrected chi connectivity index (χ0v) is 28.2. The van der Waals surface area contributed by atoms with Gasteiger partial charge in [0.25, 0.3) is 0 Å². The summed E-state index contributed by atoms with van der Waals surface area (Å²) >= 11 is 0. The van der Waals surface area contributed by atoms with Crippen molar-refractivity contribution in [1.29, 1.82) is 0 Å². The number of pyridine rings is 2. The summed E-state index contributed by atoms with van der Waals surface area (Å²) < 4.78 is 6.22. The van der Waals surface area contributed by atoms with Gasteiger partial charge in [-0.15, -0.1) is 0 Å². The highest BCUT2D eigenvalue weighted by Gasteiger charge is 2.17. The quantitative estimate of drug-likeness (QED) is 0.173. The Balaban J connectivity index is 1.07. The summed E-state index contributed by atoms with van der Waals surface area (Å²) in [5.41, 5.74) is 7.55. The molecule has 0 aliphatic heterocycles. The Morgan fingerprint density at radius 1 is 0.302 bits per heavy atom. The molecule has 11 aromatic rings. The number of aromatic nitrogens is 5. The second-order valence-electron chi connectivity index (χ2n) is 13.3. The minimum atomic E-state index is 0.482. The summed E-state index contributed by atoms with van der Waals surface area (Å²) in [6, 6.07) is 56.1. The molecule has 0 atom stereocenters. The van der Waals surface area contributed by atoms with Crippen LogP contribution in [-0.4, -0.2) is 24.9 Å². The van der Waals surface area contributed by atoms with Crippen molar-refractivity contribution >= 4 is 65.3 Å². The van der Waals surface area contributed by atoms with E-state index in [9.17, 15) is 0 Å². The van der Waals surface area contributed by atoms with E-state index in [1.165, 1.54) is 21.5 Å². The Hall–Kier alpha value is -7.31. The van der Waals surface area contributed by atoms with Crippen LogP contribution in [0.3, 0.4) is 0 Å². The van der Waals surface area contributed by atoms with Crippen LogP contribution in [0.5, 0.6) is 0 Å². The number of para-hydroxylation sites is 1. The van der Waals surface area contributed by atoms with Crippen LogP contribution in [0, 0.1) is 0 Å². The average Bonchev–Trinajstić information content (AvgIpc) is 3.61. The van der Waals surface area contributed by atoms with Crippen LogP contribution in [0.1, 0.15) is 0 Å². The van der Waals surface area contributed by atoms with Crippen molar-refractivity contribution in [3.8, 4) is 45.6 Å². The highest BCUT2D eigenvalue weighted by atomic mass is 16.3. The second-order valence-corrected chi connectivity index (χ2v) is 13.3. The highest BCUT2D eigenvalue weighted by molar-refractivity contribution is 6.09. The first kappa shape index (κ1) is 29.4. The molecule has 0 N–H and O–H groups in total. The molecule has 0 saturated heterocycles. The van der Waals surface area contributed by atoms with Crippen molar-refractivity contribution in [3.63, 3.8) is 0 Å². The van der Waals surface area contributed by atoms with Crippen LogP contribution in [0.4, 0.5) is 0 Å². The Morgan fingerprint density at radius 2 is 0.868 bits per heavy atom. The maximum absolute atomic E-state index is 6.22. The summed E-state index contributed by atoms with van der Waals surface area (Å²) in [5, 5.41) is 8.99. The van der Waals surface area contributed by atoms with Crippen molar-refractivity contribution in [2.75, 3.05) is 0 Å². The lowest BCUT2D eigenvalue weighted by Crippen LogP contribution is -2.01. The van der Waals surface area contributed by atoms with Crippen LogP contribution >= 0.6 is 0 Å². The summed E-state index contributed by atoms with van der Waals surface area (Å²) in [6.07, 6.45) is 0. The van der Waals surface area contributed by atoms with Gasteiger partial charge in [0.05, 0.1) is 16.7 Å². The molecule has 0 fully saturated rings. The van der Waals surface area contributed by atoms with Crippen LogP contribution < -0.4 is 0 Å². The van der Waals surface area contributed by atoms with Crippen molar-refractivity contribution < 1.29 is 4.42 Å². The van der Waals surface area contributed by atoms with Crippen molar-refractivity contribution in [3.05, 3.63) is 164 Å². The highest BCUT2D eigenvalue weighted by Crippen LogP contribution is 2.34. The Bertz CT molecular complexity index is 3240. The van der Waals surface area contributed by atoms with Gasteiger partial charge in [-0.25, -0.2) is 24.9 Å². The van der Waals surface area contributed by atoms with E-state index >= 15 is 0 Å². The van der Waals surface area contributed by atoms with E-state index in [1.807, 2.05) is 66.7 Å². The lowest BCUT2D eigenvalue weighted by molar-refractivity contribution is 0.669. The predicted molar refractivity (Wildman–Crippen MR) is 214 cm³/mol. The van der Waals surface area contributed by atoms with E-state index in [0.717, 1.165) is 66.1 Å². The van der Waals surface area contributed by atoms with E-state index in [4.69, 9.17) is 29.3 Å². The summed E-state index contributed by atoms with van der Waals surface area (Å²) in [4.78, 5) is 25.4. The molecule has 0 amide bonds. The SMILES string of the molecule is c1ccc(-c2nc(-c3ccc4c(c3)oc3ccccc34)nc(-c3ccc4ccc5ccc(-c6ccc7ccc8ccccc8c7c6)nc5c4n3)n2)cc1. The maximum Gasteiger partial charge on any atom is 0.182 e. The standard InChI is InChI=1S/C47H27N5O/c1-2-9-32(10-3-1)45-50-46(34-20-23-37-36-12-6-7-13-41(36)53-42(37)27-34)52-47(51-45)40-25-22-31-18-17-30-21-24-39(48-43(30)44(31)49-40)33-19-16-29-15-14-28-8-4-5-11-35(28)38(29)26-33/h1-27H. The minimum Gasteiger partial charge on any atom is -0.456 e. The van der Waals surface area contributed by atoms with Gasteiger partial charge in [-0.1, -0.05) is 127 Å². The monoisotopic (exact) mass is 677 g/mol. The van der Waals surface area contributed by atoms with Crippen LogP contribution in [0.2, 0.25) is 0 Å². The minimum absolute atomic E-state index is 0.482. The van der Waals surface area contributed by atoms with Gasteiger partial charge in [0.1, 0.15) is 16.9 Å². The average molecular weight is 678 g/mol. The van der Waals surface area contributed by atoms with Crippen LogP contribution in [0.15, 0.2) is 168 Å². The third kappa shape index (κ3) is 4.92. The Morgan fingerprint density at radius 3 is 1.70 bits per heavy atom. The van der Waals surface area contributed by atoms with Gasteiger partial charge in [-0.05, 0) is 57.9 Å². The third-order valence-electron chi connectivity index (χ3n) is 10.1. The number of fused-ring (bicyclic) bond motifs is 9. The van der Waals surface area contributed by atoms with Gasteiger partial charge in [-0.3, -0.25) is 0 Å². The fourth-order valence-corrected chi connectivity index (χ4v) is 7.42. The molecule has 6 nitrogen and oxygen atoms in total. The number of hydrogen-bond acceptors (Lipinski definition) is 6. The van der Waals surface area contributed by atoms with Gasteiger partial charge in [0, 0.05) is 38.2 Å². The summed E-state index contributed by atoms with van der Waals surface area (Å²) in [6.45, 7) is 0. The number of furan rings is 1. The first-order valence-electron chi connectivity index (χ1n) is 17.6. The fourth-order valence-electron chi connectivity index (χ4n) is 7.42. The smallest absolute Gasteiger partial charge is 0.182 e. The number of nitrogens with zero attached hydrogens (tertiary/aromatic N) is 5. The molecule has 4 heterocycles. The molecule has 0 radical (unpaired) electrons. The molecule has 246 valence electrons. The number of hydrogen-bond donors (Lipinski definition) is 0. The molecule has 53 heavy (non-hydrogen) atoms. The molecule has 0 spiro atoms. The molecule has 0 aliphatic rings. The molecule has 4 aromatic heterocycles. The van der Waals surface area contributed by atoms with Crippen molar-refractivity contribution in [2.45, 2.75) is 0 Å². The van der Waals surface area contributed by atoms with Crippen LogP contribution in [-0.2, 0) is 0 Å². The lowest BCUT2D eigenvalue weighted by atomic mass is 9.98. The van der Waals surface area contributed by atoms with Gasteiger partial charge in [-0.2, -0.15) is 0 Å². The van der Waals surface area contributed by atoms with E-state index in [0.29, 0.717) is 23.2 Å². The number of rotatable bonds is 4. The van der Waals surface area contributed by atoms with Crippen molar-refractivity contribution in [2.24, 2.45) is 0 Å². The summed E-state index contributed by atoms with van der Waals surface area (Å²) in [7, 11) is 0. The number of benzene rings is 7. The maximum atomic E-state index is 6.22. The fraction of sp³-hybridized carbons (Fsp3) is 0. The van der Waals surface area contributed by atoms with E-state index in [1.54, 1.807) is 0 Å². The third-order valence-corrected chi connectivity index (χ3v) is 10.1. The van der Waals surface area contributed by atoms with Gasteiger partial charge >= 0.3 is 0 Å². The first-order valence-corrected chi connectivity index (χ1v) is 17.6. The largest absolute Gasteiger partial charge is 0.456 e. The van der Waals surface area contributed by atoms with Crippen molar-refractivity contribution in [1.82, 2.24) is 24.9 Å². The topological polar surface area (TPSA) is 77.6 Å². The molecule has 0 unspecified atom stereocenters. The van der Waals surface area contributed by atoms with Crippen LogP contribution in [0.25, 0.3) is 111 Å². The van der Waals surface area contributed by atoms with E-state index in [2.05, 4.69) is 97.1 Å². The Labute approximate surface area is 303 Å². The van der Waals surface area contributed by atoms with Gasteiger partial charge < -0.3 is 4.42 Å². The van der Waals surface area contributed by atoms with Gasteiger partial charge in [0.15, 0.2) is 17.5 Å². The molecular formula is C47H27N5O. The normalized spacial score (nSPS) is 11.8. The van der Waals surface area contributed by atoms with E-state index < -0.39 is 0 Å². The molecule has 0 saturated carbocycles. The predicted octanol–water partition coefficient (Wildman–Crippen LogP) is 11.8. The summed E-state index contributed by atoms with van der Waals surface area (Å²) in [5.74, 6) is 1.59. The molecular weight excluding hydrogens is 651 g/mol. The molecule has 11 rings (SSSR count). The Kier molecular flexibility index (Phi) is 6.45. The molecule has 7 aromatic carbocycles. The second kappa shape index (κ2) is 11.6. The van der Waals surface area contributed by atoms with Gasteiger partial charge in [0.2, 0.25) is 0 Å². The zero-order chi connectivity index (χ0) is 34.9.